The minimum absolute atomic E-state index is 0.260. The molecule has 2 N–H and O–H groups in total. The molecule has 78 valence electrons. The van der Waals surface area contributed by atoms with E-state index in [0.717, 1.165) is 6.07 Å². The van der Waals surface area contributed by atoms with Crippen LogP contribution in [0, 0.1) is 13.8 Å². The molecule has 6 heteroatoms. The van der Waals surface area contributed by atoms with Gasteiger partial charge in [-0.15, -0.1) is 0 Å². The van der Waals surface area contributed by atoms with Crippen LogP contribution in [0.3, 0.4) is 0 Å². The molecule has 0 radical (unpaired) electrons. The number of aromatic nitrogens is 3. The molecule has 2 aromatic rings. The Kier molecular flexibility index (Phi) is 2.03. The van der Waals surface area contributed by atoms with Crippen molar-refractivity contribution in [2.45, 2.75) is 13.8 Å². The van der Waals surface area contributed by atoms with E-state index in [0.29, 0.717) is 17.0 Å². The Morgan fingerprint density at radius 2 is 2.20 bits per heavy atom. The fraction of sp³-hybridized carbons (Fsp3) is 0.222. The lowest BCUT2D eigenvalue weighted by atomic mass is 10.2. The van der Waals surface area contributed by atoms with E-state index in [-0.39, 0.29) is 11.7 Å². The number of aromatic amines is 1. The van der Waals surface area contributed by atoms with E-state index < -0.39 is 5.56 Å². The van der Waals surface area contributed by atoms with Crippen LogP contribution in [0.4, 0.5) is 0 Å². The molecule has 0 aliphatic carbocycles. The summed E-state index contributed by atoms with van der Waals surface area (Å²) in [5.41, 5.74) is 0.793. The van der Waals surface area contributed by atoms with Crippen LogP contribution >= 0.6 is 0 Å². The zero-order valence-electron chi connectivity index (χ0n) is 8.24. The number of aryl methyl sites for hydroxylation is 2. The van der Waals surface area contributed by atoms with Gasteiger partial charge in [-0.2, -0.15) is 4.98 Å². The van der Waals surface area contributed by atoms with Crippen LogP contribution < -0.4 is 5.56 Å². The summed E-state index contributed by atoms with van der Waals surface area (Å²) in [6.45, 7) is 3.44. The Morgan fingerprint density at radius 3 is 2.73 bits per heavy atom. The molecule has 0 aromatic carbocycles. The number of nitrogens with zero attached hydrogens (tertiary/aromatic N) is 2. The molecule has 0 aliphatic rings. The molecule has 6 nitrogen and oxygen atoms in total. The van der Waals surface area contributed by atoms with E-state index in [9.17, 15) is 9.90 Å². The second kappa shape index (κ2) is 3.23. The topological polar surface area (TPSA) is 92.0 Å². The third-order valence-electron chi connectivity index (χ3n) is 2.00. The van der Waals surface area contributed by atoms with Gasteiger partial charge in [0.15, 0.2) is 0 Å². The molecule has 0 amide bonds. The van der Waals surface area contributed by atoms with Crippen LogP contribution in [-0.4, -0.2) is 20.2 Å². The molecule has 0 aliphatic heterocycles. The summed E-state index contributed by atoms with van der Waals surface area (Å²) < 4.78 is 4.94. The normalized spacial score (nSPS) is 10.5. The van der Waals surface area contributed by atoms with E-state index in [4.69, 9.17) is 4.52 Å². The first-order valence-electron chi connectivity index (χ1n) is 4.31. The molecule has 2 rings (SSSR count). The summed E-state index contributed by atoms with van der Waals surface area (Å²) >= 11 is 0. The molecule has 0 saturated heterocycles. The second-order valence-electron chi connectivity index (χ2n) is 3.15. The zero-order chi connectivity index (χ0) is 11.0. The van der Waals surface area contributed by atoms with Crippen LogP contribution in [0.5, 0.6) is 5.88 Å². The van der Waals surface area contributed by atoms with Gasteiger partial charge in [0.1, 0.15) is 11.6 Å². The first-order valence-corrected chi connectivity index (χ1v) is 4.31. The summed E-state index contributed by atoms with van der Waals surface area (Å²) in [5, 5.41) is 12.9. The minimum Gasteiger partial charge on any atom is -0.493 e. The van der Waals surface area contributed by atoms with Crippen molar-refractivity contribution in [3.8, 4) is 17.3 Å². The van der Waals surface area contributed by atoms with Gasteiger partial charge in [0, 0.05) is 0 Å². The maximum absolute atomic E-state index is 11.1. The SMILES string of the molecule is Cc1noc(C)c1-c1nc(O)cc(=O)[nH]1. The van der Waals surface area contributed by atoms with Crippen molar-refractivity contribution in [3.63, 3.8) is 0 Å². The van der Waals surface area contributed by atoms with Crippen molar-refractivity contribution in [3.05, 3.63) is 27.9 Å². The number of nitrogens with one attached hydrogen (secondary N) is 1. The van der Waals surface area contributed by atoms with E-state index in [1.807, 2.05) is 0 Å². The largest absolute Gasteiger partial charge is 0.493 e. The number of rotatable bonds is 1. The maximum Gasteiger partial charge on any atom is 0.254 e. The third kappa shape index (κ3) is 1.61. The van der Waals surface area contributed by atoms with Gasteiger partial charge < -0.3 is 14.6 Å². The van der Waals surface area contributed by atoms with Gasteiger partial charge in [0.05, 0.1) is 17.3 Å². The van der Waals surface area contributed by atoms with Crippen LogP contribution in [0.15, 0.2) is 15.4 Å². The van der Waals surface area contributed by atoms with Crippen LogP contribution in [0.25, 0.3) is 11.4 Å². The van der Waals surface area contributed by atoms with Gasteiger partial charge >= 0.3 is 0 Å². The highest BCUT2D eigenvalue weighted by Crippen LogP contribution is 2.23. The number of hydrogen-bond acceptors (Lipinski definition) is 5. The average Bonchev–Trinajstić information content (AvgIpc) is 2.44. The van der Waals surface area contributed by atoms with Crippen molar-refractivity contribution in [1.29, 1.82) is 0 Å². The van der Waals surface area contributed by atoms with Gasteiger partial charge in [-0.25, -0.2) is 0 Å². The molecule has 0 unspecified atom stereocenters. The molecule has 2 heterocycles. The zero-order valence-corrected chi connectivity index (χ0v) is 8.24. The van der Waals surface area contributed by atoms with Crippen molar-refractivity contribution in [2.24, 2.45) is 0 Å². The lowest BCUT2D eigenvalue weighted by Gasteiger charge is -1.98. The van der Waals surface area contributed by atoms with Gasteiger partial charge in [-0.3, -0.25) is 4.79 Å². The highest BCUT2D eigenvalue weighted by molar-refractivity contribution is 5.59. The minimum atomic E-state index is -0.419. The predicted octanol–water partition coefficient (Wildman–Crippen LogP) is 0.747. The van der Waals surface area contributed by atoms with Crippen LogP contribution in [-0.2, 0) is 0 Å². The lowest BCUT2D eigenvalue weighted by Crippen LogP contribution is -2.07. The number of hydrogen-bond donors (Lipinski definition) is 2. The molecular formula is C9H9N3O3. The molecule has 2 aromatic heterocycles. The van der Waals surface area contributed by atoms with Gasteiger partial charge in [0.25, 0.3) is 5.56 Å². The summed E-state index contributed by atoms with van der Waals surface area (Å²) in [4.78, 5) is 17.4. The molecule has 0 saturated carbocycles. The molecule has 0 spiro atoms. The highest BCUT2D eigenvalue weighted by atomic mass is 16.5. The monoisotopic (exact) mass is 207 g/mol. The van der Waals surface area contributed by atoms with Crippen LogP contribution in [0.2, 0.25) is 0 Å². The van der Waals surface area contributed by atoms with Crippen molar-refractivity contribution >= 4 is 0 Å². The highest BCUT2D eigenvalue weighted by Gasteiger charge is 2.14. The molecule has 15 heavy (non-hydrogen) atoms. The van der Waals surface area contributed by atoms with E-state index in [1.54, 1.807) is 13.8 Å². The average molecular weight is 207 g/mol. The summed E-state index contributed by atoms with van der Waals surface area (Å²) in [7, 11) is 0. The van der Waals surface area contributed by atoms with E-state index >= 15 is 0 Å². The Morgan fingerprint density at radius 1 is 1.47 bits per heavy atom. The van der Waals surface area contributed by atoms with Crippen molar-refractivity contribution < 1.29 is 9.63 Å². The van der Waals surface area contributed by atoms with E-state index in [1.165, 1.54) is 0 Å². The smallest absolute Gasteiger partial charge is 0.254 e. The molecule has 0 atom stereocenters. The standard InChI is InChI=1S/C9H9N3O3/c1-4-8(5(2)15-12-4)9-10-6(13)3-7(14)11-9/h3H,1-2H3,(H2,10,11,13,14). The summed E-state index contributed by atoms with van der Waals surface area (Å²) in [6.07, 6.45) is 0. The predicted molar refractivity (Wildman–Crippen MR) is 51.5 cm³/mol. The molecular weight excluding hydrogens is 198 g/mol. The molecule has 0 fully saturated rings. The Labute approximate surface area is 84.6 Å². The Hall–Kier alpha value is -2.11. The Bertz CT molecular complexity index is 536. The van der Waals surface area contributed by atoms with Gasteiger partial charge in [0.2, 0.25) is 5.88 Å². The second-order valence-corrected chi connectivity index (χ2v) is 3.15. The number of H-pyrrole nitrogens is 1. The fourth-order valence-corrected chi connectivity index (χ4v) is 1.38. The summed E-state index contributed by atoms with van der Waals surface area (Å²) in [6, 6.07) is 1.00. The fourth-order valence-electron chi connectivity index (χ4n) is 1.38. The van der Waals surface area contributed by atoms with Gasteiger partial charge in [-0.1, -0.05) is 5.16 Å². The van der Waals surface area contributed by atoms with Crippen molar-refractivity contribution in [1.82, 2.24) is 15.1 Å². The van der Waals surface area contributed by atoms with E-state index in [2.05, 4.69) is 15.1 Å². The first-order chi connectivity index (χ1) is 7.08. The number of aromatic hydroxyl groups is 1. The first kappa shape index (κ1) is 9.45. The maximum atomic E-state index is 11.1. The molecule has 0 bridgehead atoms. The van der Waals surface area contributed by atoms with Crippen molar-refractivity contribution in [2.75, 3.05) is 0 Å². The quantitative estimate of drug-likeness (QED) is 0.719. The Balaban J connectivity index is 2.69. The lowest BCUT2D eigenvalue weighted by molar-refractivity contribution is 0.393. The van der Waals surface area contributed by atoms with Crippen LogP contribution in [0.1, 0.15) is 11.5 Å². The summed E-state index contributed by atoms with van der Waals surface area (Å²) in [5.74, 6) is 0.478. The third-order valence-corrected chi connectivity index (χ3v) is 2.00. The van der Waals surface area contributed by atoms with Gasteiger partial charge in [-0.05, 0) is 13.8 Å².